The van der Waals surface area contributed by atoms with E-state index in [9.17, 15) is 13.2 Å². The standard InChI is InChI=1S/C20H32O5S/c1-7-15(2)12-17(13-19(21)25-20(4,5)6)14-24-26(22,23)18-10-8-16(3)9-11-18/h8-11,15,17H,7,12-14H2,1-6H3/t15-,17+/m1/s1. The Kier molecular flexibility index (Phi) is 8.28. The zero-order valence-electron chi connectivity index (χ0n) is 16.7. The van der Waals surface area contributed by atoms with Gasteiger partial charge in [0.25, 0.3) is 10.1 Å². The van der Waals surface area contributed by atoms with Crippen molar-refractivity contribution < 1.29 is 22.1 Å². The quantitative estimate of drug-likeness (QED) is 0.464. The minimum Gasteiger partial charge on any atom is -0.460 e. The van der Waals surface area contributed by atoms with E-state index in [0.29, 0.717) is 12.3 Å². The maximum Gasteiger partial charge on any atom is 0.306 e. The van der Waals surface area contributed by atoms with Crippen LogP contribution in [0.5, 0.6) is 0 Å². The average Bonchev–Trinajstić information content (AvgIpc) is 2.51. The van der Waals surface area contributed by atoms with Crippen LogP contribution < -0.4 is 0 Å². The van der Waals surface area contributed by atoms with Crippen molar-refractivity contribution >= 4 is 16.1 Å². The third-order valence-corrected chi connectivity index (χ3v) is 5.37. The van der Waals surface area contributed by atoms with Crippen LogP contribution in [0.15, 0.2) is 29.2 Å². The molecular formula is C20H32O5S. The van der Waals surface area contributed by atoms with Gasteiger partial charge in [-0.15, -0.1) is 0 Å². The molecule has 5 nitrogen and oxygen atoms in total. The fourth-order valence-electron chi connectivity index (χ4n) is 2.52. The number of benzene rings is 1. The number of ether oxygens (including phenoxy) is 1. The molecule has 0 aliphatic heterocycles. The number of hydrogen-bond donors (Lipinski definition) is 0. The highest BCUT2D eigenvalue weighted by molar-refractivity contribution is 7.86. The first-order valence-corrected chi connectivity index (χ1v) is 10.5. The molecule has 0 fully saturated rings. The summed E-state index contributed by atoms with van der Waals surface area (Å²) in [5, 5.41) is 0. The van der Waals surface area contributed by atoms with Gasteiger partial charge in [0.05, 0.1) is 17.9 Å². The summed E-state index contributed by atoms with van der Waals surface area (Å²) in [6.07, 6.45) is 1.81. The Hall–Kier alpha value is -1.40. The summed E-state index contributed by atoms with van der Waals surface area (Å²) in [5.74, 6) is -0.171. The third kappa shape index (κ3) is 8.32. The zero-order valence-corrected chi connectivity index (χ0v) is 17.6. The smallest absolute Gasteiger partial charge is 0.306 e. The molecule has 0 saturated carbocycles. The molecule has 0 heterocycles. The highest BCUT2D eigenvalue weighted by Crippen LogP contribution is 2.23. The molecule has 1 aromatic rings. The van der Waals surface area contributed by atoms with Crippen molar-refractivity contribution in [2.75, 3.05) is 6.61 Å². The second-order valence-electron chi connectivity index (χ2n) is 7.96. The molecule has 0 unspecified atom stereocenters. The fourth-order valence-corrected chi connectivity index (χ4v) is 3.50. The lowest BCUT2D eigenvalue weighted by molar-refractivity contribution is -0.156. The highest BCUT2D eigenvalue weighted by atomic mass is 32.2. The second kappa shape index (κ2) is 9.51. The molecule has 0 bridgehead atoms. The molecule has 0 aliphatic rings. The molecule has 148 valence electrons. The van der Waals surface area contributed by atoms with Crippen LogP contribution in [0, 0.1) is 18.8 Å². The first-order chi connectivity index (χ1) is 11.9. The van der Waals surface area contributed by atoms with E-state index in [2.05, 4.69) is 13.8 Å². The summed E-state index contributed by atoms with van der Waals surface area (Å²) in [6, 6.07) is 6.52. The van der Waals surface area contributed by atoms with Crippen molar-refractivity contribution in [3.8, 4) is 0 Å². The van der Waals surface area contributed by atoms with Crippen LogP contribution in [0.1, 0.15) is 59.4 Å². The van der Waals surface area contributed by atoms with Gasteiger partial charge in [-0.1, -0.05) is 38.0 Å². The number of hydrogen-bond acceptors (Lipinski definition) is 5. The number of carbonyl (C=O) groups excluding carboxylic acids is 1. The van der Waals surface area contributed by atoms with Gasteiger partial charge < -0.3 is 4.74 Å². The van der Waals surface area contributed by atoms with Gasteiger partial charge in [0.1, 0.15) is 5.60 Å². The number of aryl methyl sites for hydroxylation is 1. The SMILES string of the molecule is CC[C@@H](C)C[C@H](COS(=O)(=O)c1ccc(C)cc1)CC(=O)OC(C)(C)C. The molecule has 6 heteroatoms. The van der Waals surface area contributed by atoms with Gasteiger partial charge in [0.15, 0.2) is 0 Å². The predicted octanol–water partition coefficient (Wildman–Crippen LogP) is 4.48. The maximum atomic E-state index is 12.4. The Morgan fingerprint density at radius 2 is 1.73 bits per heavy atom. The second-order valence-corrected chi connectivity index (χ2v) is 9.57. The van der Waals surface area contributed by atoms with E-state index in [4.69, 9.17) is 8.92 Å². The van der Waals surface area contributed by atoms with E-state index in [0.717, 1.165) is 12.0 Å². The van der Waals surface area contributed by atoms with Gasteiger partial charge in [-0.25, -0.2) is 0 Å². The first-order valence-electron chi connectivity index (χ1n) is 9.11. The highest BCUT2D eigenvalue weighted by Gasteiger charge is 2.24. The van der Waals surface area contributed by atoms with Gasteiger partial charge in [0, 0.05) is 0 Å². The van der Waals surface area contributed by atoms with Crippen molar-refractivity contribution in [2.24, 2.45) is 11.8 Å². The third-order valence-electron chi connectivity index (χ3n) is 4.08. The van der Waals surface area contributed by atoms with Crippen LogP contribution in [0.3, 0.4) is 0 Å². The Labute approximate surface area is 158 Å². The van der Waals surface area contributed by atoms with Gasteiger partial charge in [-0.2, -0.15) is 8.42 Å². The van der Waals surface area contributed by atoms with Crippen LogP contribution in [-0.2, 0) is 23.8 Å². The van der Waals surface area contributed by atoms with Crippen molar-refractivity contribution in [3.05, 3.63) is 29.8 Å². The summed E-state index contributed by atoms with van der Waals surface area (Å²) in [4.78, 5) is 12.3. The summed E-state index contributed by atoms with van der Waals surface area (Å²) in [7, 11) is -3.84. The van der Waals surface area contributed by atoms with Crippen LogP contribution in [0.25, 0.3) is 0 Å². The van der Waals surface area contributed by atoms with Crippen molar-refractivity contribution in [1.29, 1.82) is 0 Å². The lowest BCUT2D eigenvalue weighted by Gasteiger charge is -2.23. The van der Waals surface area contributed by atoms with Gasteiger partial charge >= 0.3 is 5.97 Å². The van der Waals surface area contributed by atoms with Crippen molar-refractivity contribution in [1.82, 2.24) is 0 Å². The van der Waals surface area contributed by atoms with Crippen molar-refractivity contribution in [3.63, 3.8) is 0 Å². The largest absolute Gasteiger partial charge is 0.460 e. The predicted molar refractivity (Wildman–Crippen MR) is 102 cm³/mol. The Balaban J connectivity index is 2.78. The minimum atomic E-state index is -3.84. The lowest BCUT2D eigenvalue weighted by atomic mass is 9.92. The molecular weight excluding hydrogens is 352 g/mol. The molecule has 0 radical (unpaired) electrons. The zero-order chi connectivity index (χ0) is 20.0. The van der Waals surface area contributed by atoms with Crippen LogP contribution >= 0.6 is 0 Å². The molecule has 2 atom stereocenters. The lowest BCUT2D eigenvalue weighted by Crippen LogP contribution is -2.27. The average molecular weight is 385 g/mol. The molecule has 1 rings (SSSR count). The molecule has 1 aromatic carbocycles. The van der Waals surface area contributed by atoms with Crippen LogP contribution in [-0.4, -0.2) is 26.6 Å². The normalized spacial score (nSPS) is 14.7. The minimum absolute atomic E-state index is 0.0280. The van der Waals surface area contributed by atoms with E-state index in [1.165, 1.54) is 12.1 Å². The van der Waals surface area contributed by atoms with Gasteiger partial charge in [0.2, 0.25) is 0 Å². The summed E-state index contributed by atoms with van der Waals surface area (Å²) in [5.41, 5.74) is 0.413. The molecule has 0 spiro atoms. The Bertz CT molecular complexity index is 671. The first kappa shape index (κ1) is 22.6. The van der Waals surface area contributed by atoms with Crippen molar-refractivity contribution in [2.45, 2.75) is 71.3 Å². The number of esters is 1. The topological polar surface area (TPSA) is 69.7 Å². The molecule has 26 heavy (non-hydrogen) atoms. The summed E-state index contributed by atoms with van der Waals surface area (Å²) < 4.78 is 35.4. The Morgan fingerprint density at radius 1 is 1.15 bits per heavy atom. The molecule has 0 aliphatic carbocycles. The van der Waals surface area contributed by atoms with E-state index >= 15 is 0 Å². The maximum absolute atomic E-state index is 12.4. The van der Waals surface area contributed by atoms with Crippen LogP contribution in [0.2, 0.25) is 0 Å². The van der Waals surface area contributed by atoms with E-state index < -0.39 is 15.7 Å². The monoisotopic (exact) mass is 384 g/mol. The molecule has 0 aromatic heterocycles. The summed E-state index contributed by atoms with van der Waals surface area (Å²) >= 11 is 0. The number of carbonyl (C=O) groups is 1. The fraction of sp³-hybridized carbons (Fsp3) is 0.650. The van der Waals surface area contributed by atoms with E-state index in [1.54, 1.807) is 12.1 Å². The van der Waals surface area contributed by atoms with E-state index in [-0.39, 0.29) is 29.8 Å². The molecule has 0 N–H and O–H groups in total. The van der Waals surface area contributed by atoms with Gasteiger partial charge in [-0.3, -0.25) is 8.98 Å². The number of rotatable bonds is 9. The Morgan fingerprint density at radius 3 is 2.23 bits per heavy atom. The van der Waals surface area contributed by atoms with Crippen LogP contribution in [0.4, 0.5) is 0 Å². The van der Waals surface area contributed by atoms with Gasteiger partial charge in [-0.05, 0) is 58.1 Å². The summed E-state index contributed by atoms with van der Waals surface area (Å²) in [6.45, 7) is 11.4. The molecule has 0 saturated heterocycles. The molecule has 0 amide bonds. The van der Waals surface area contributed by atoms with E-state index in [1.807, 2.05) is 27.7 Å².